The van der Waals surface area contributed by atoms with Crippen LogP contribution >= 0.6 is 0 Å². The molecule has 0 spiro atoms. The van der Waals surface area contributed by atoms with E-state index in [1.54, 1.807) is 19.9 Å². The van der Waals surface area contributed by atoms with Crippen LogP contribution in [0.15, 0.2) is 42.7 Å². The number of hydrogen-bond acceptors (Lipinski definition) is 11. The molecule has 1 unspecified atom stereocenters. The summed E-state index contributed by atoms with van der Waals surface area (Å²) in [7, 11) is -4.02. The third kappa shape index (κ3) is 7.75. The van der Waals surface area contributed by atoms with Crippen molar-refractivity contribution in [3.05, 3.63) is 65.6 Å². The zero-order chi connectivity index (χ0) is 39.1. The molecule has 55 heavy (non-hydrogen) atoms. The summed E-state index contributed by atoms with van der Waals surface area (Å²) in [6, 6.07) is 2.20. The molecule has 3 aromatic rings. The van der Waals surface area contributed by atoms with E-state index >= 15 is 0 Å². The molecule has 15 nitrogen and oxygen atoms in total. The fourth-order valence-electron chi connectivity index (χ4n) is 7.24. The van der Waals surface area contributed by atoms with Crippen LogP contribution in [0.4, 0.5) is 4.39 Å². The summed E-state index contributed by atoms with van der Waals surface area (Å²) in [5, 5.41) is 5.66. The molecular formula is C38H45FN8O7S. The summed E-state index contributed by atoms with van der Waals surface area (Å²) in [5.41, 5.74) is -0.113. The first-order chi connectivity index (χ1) is 26.2. The number of aryl methyl sites for hydroxylation is 2. The van der Waals surface area contributed by atoms with Crippen molar-refractivity contribution in [1.29, 1.82) is 0 Å². The van der Waals surface area contributed by atoms with Crippen molar-refractivity contribution in [2.24, 2.45) is 5.92 Å². The van der Waals surface area contributed by atoms with Crippen molar-refractivity contribution in [3.63, 3.8) is 0 Å². The van der Waals surface area contributed by atoms with Gasteiger partial charge in [0.2, 0.25) is 27.7 Å². The Kier molecular flexibility index (Phi) is 10.3. The molecule has 0 radical (unpaired) electrons. The van der Waals surface area contributed by atoms with Gasteiger partial charge in [0.15, 0.2) is 5.82 Å². The van der Waals surface area contributed by atoms with Crippen LogP contribution in [0.1, 0.15) is 93.5 Å². The largest absolute Gasteiger partial charge is 0.471 e. The Bertz CT molecular complexity index is 2160. The summed E-state index contributed by atoms with van der Waals surface area (Å²) in [6.45, 7) is 5.04. The lowest BCUT2D eigenvalue weighted by Crippen LogP contribution is -2.58. The van der Waals surface area contributed by atoms with Crippen LogP contribution < -0.4 is 20.1 Å². The smallest absolute Gasteiger partial charge is 0.272 e. The van der Waals surface area contributed by atoms with Gasteiger partial charge in [0.05, 0.1) is 28.7 Å². The van der Waals surface area contributed by atoms with Gasteiger partial charge in [0.25, 0.3) is 11.8 Å². The molecule has 0 bridgehead atoms. The molecule has 3 fully saturated rings. The van der Waals surface area contributed by atoms with Crippen LogP contribution in [0.2, 0.25) is 0 Å². The van der Waals surface area contributed by atoms with Crippen LogP contribution in [-0.2, 0) is 30.8 Å². The molecule has 2 aliphatic heterocycles. The summed E-state index contributed by atoms with van der Waals surface area (Å²) in [6.07, 6.45) is 10.1. The van der Waals surface area contributed by atoms with E-state index in [2.05, 4.69) is 35.3 Å². The highest BCUT2D eigenvalue weighted by molar-refractivity contribution is 7.91. The predicted molar refractivity (Wildman–Crippen MR) is 197 cm³/mol. The number of amides is 4. The summed E-state index contributed by atoms with van der Waals surface area (Å²) in [4.78, 5) is 74.8. The second kappa shape index (κ2) is 14.9. The van der Waals surface area contributed by atoms with Gasteiger partial charge in [-0.15, -0.1) is 0 Å². The Morgan fingerprint density at radius 2 is 1.91 bits per heavy atom. The number of carbonyl (C=O) groups excluding carboxylic acids is 4. The monoisotopic (exact) mass is 776 g/mol. The number of fused-ring (bicyclic) bond motifs is 3. The van der Waals surface area contributed by atoms with E-state index in [0.29, 0.717) is 49.0 Å². The minimum Gasteiger partial charge on any atom is -0.471 e. The summed E-state index contributed by atoms with van der Waals surface area (Å²) >= 11 is 0. The van der Waals surface area contributed by atoms with Crippen LogP contribution in [0.5, 0.6) is 5.88 Å². The second-order valence-electron chi connectivity index (χ2n) is 15.2. The molecule has 1 aromatic carbocycles. The molecular weight excluding hydrogens is 732 g/mol. The minimum atomic E-state index is -4.02. The minimum absolute atomic E-state index is 0.00846. The number of rotatable bonds is 8. The molecule has 4 amide bonds. The lowest BCUT2D eigenvalue weighted by molar-refractivity contribution is -0.141. The third-order valence-corrected chi connectivity index (χ3v) is 13.2. The Morgan fingerprint density at radius 3 is 2.64 bits per heavy atom. The summed E-state index contributed by atoms with van der Waals surface area (Å²) in [5.74, 6) is -3.67. The zero-order valence-electron chi connectivity index (χ0n) is 31.0. The molecule has 3 N–H and O–H groups in total. The van der Waals surface area contributed by atoms with Gasteiger partial charge in [-0.05, 0) is 70.9 Å². The number of sulfonamides is 1. The molecule has 4 heterocycles. The van der Waals surface area contributed by atoms with E-state index in [9.17, 15) is 32.0 Å². The first kappa shape index (κ1) is 38.2. The van der Waals surface area contributed by atoms with Gasteiger partial charge in [-0.2, -0.15) is 0 Å². The van der Waals surface area contributed by atoms with E-state index in [4.69, 9.17) is 4.74 Å². The standard InChI is InChI=1S/C38H45FN8O7S/c1-4-26-34(44-31-25(39)12-10-14-27(31)42-26)54-24-17-30-33(49)45-38(36(51)46-55(52,53)37(3)15-16-37)18-23(38)11-8-6-5-7-9-13-28(35(50)47(30)21-24)43-32(48)29-20-40-22(2)19-41-29/h8,10-12,14,19-20,23-24,28,30H,4-7,9,13,15-18,21H2,1-3H3,(H,43,48)(H,45,49)(H,46,51)/b11-8-/t23?,24-,28+,30+,38-/m1/s1. The number of benzene rings is 1. The van der Waals surface area contributed by atoms with E-state index in [1.165, 1.54) is 29.4 Å². The highest BCUT2D eigenvalue weighted by Gasteiger charge is 2.63. The molecule has 292 valence electrons. The number of para-hydroxylation sites is 1. The molecule has 17 heteroatoms. The molecule has 7 rings (SSSR count). The average Bonchev–Trinajstić information content (AvgIpc) is 4.04. The average molecular weight is 777 g/mol. The first-order valence-electron chi connectivity index (χ1n) is 18.8. The molecule has 5 atom stereocenters. The quantitative estimate of drug-likeness (QED) is 0.284. The van der Waals surface area contributed by atoms with Crippen molar-refractivity contribution in [1.82, 2.24) is 40.2 Å². The third-order valence-electron chi connectivity index (χ3n) is 11.1. The maximum atomic E-state index is 14.8. The van der Waals surface area contributed by atoms with Crippen LogP contribution in [0.3, 0.4) is 0 Å². The van der Waals surface area contributed by atoms with Crippen LogP contribution in [-0.4, -0.2) is 91.9 Å². The number of nitrogens with zero attached hydrogens (tertiary/aromatic N) is 5. The number of carbonyl (C=O) groups is 4. The van der Waals surface area contributed by atoms with Gasteiger partial charge in [-0.1, -0.05) is 38.0 Å². The van der Waals surface area contributed by atoms with Gasteiger partial charge in [-0.3, -0.25) is 28.9 Å². The SMILES string of the molecule is CCc1nc2cccc(F)c2nc1O[C@@H]1C[C@H]2C(=O)N[C@]3(C(=O)NS(=O)(=O)C4(C)CC4)CC3/C=C\CCCCC[C@H](NC(=O)c3cnc(C)cn3)C(=O)N2C1. The molecule has 2 aromatic heterocycles. The number of ether oxygens (including phenoxy) is 1. The predicted octanol–water partition coefficient (Wildman–Crippen LogP) is 2.97. The molecule has 1 saturated heterocycles. The molecule has 4 aliphatic rings. The van der Waals surface area contributed by atoms with Crippen molar-refractivity contribution in [2.75, 3.05) is 6.54 Å². The zero-order valence-corrected chi connectivity index (χ0v) is 31.8. The Hall–Kier alpha value is -5.06. The van der Waals surface area contributed by atoms with Crippen molar-refractivity contribution >= 4 is 44.7 Å². The Morgan fingerprint density at radius 1 is 1.11 bits per heavy atom. The van der Waals surface area contributed by atoms with Crippen molar-refractivity contribution in [2.45, 2.75) is 113 Å². The Balaban J connectivity index is 1.21. The van der Waals surface area contributed by atoms with Crippen molar-refractivity contribution < 1.29 is 36.7 Å². The van der Waals surface area contributed by atoms with Gasteiger partial charge < -0.3 is 20.3 Å². The van der Waals surface area contributed by atoms with Crippen LogP contribution in [0, 0.1) is 18.7 Å². The first-order valence-corrected chi connectivity index (χ1v) is 20.3. The van der Waals surface area contributed by atoms with Gasteiger partial charge in [0.1, 0.15) is 40.6 Å². The number of allylic oxidation sites excluding steroid dienone is 1. The maximum absolute atomic E-state index is 14.8. The lowest BCUT2D eigenvalue weighted by Gasteiger charge is -2.30. The maximum Gasteiger partial charge on any atom is 0.272 e. The summed E-state index contributed by atoms with van der Waals surface area (Å²) < 4.78 is 48.6. The van der Waals surface area contributed by atoms with Gasteiger partial charge >= 0.3 is 0 Å². The second-order valence-corrected chi connectivity index (χ2v) is 17.4. The molecule has 2 aliphatic carbocycles. The highest BCUT2D eigenvalue weighted by atomic mass is 32.2. The lowest BCUT2D eigenvalue weighted by atomic mass is 10.0. The highest BCUT2D eigenvalue weighted by Crippen LogP contribution is 2.47. The normalized spacial score (nSPS) is 27.1. The number of nitrogens with one attached hydrogen (secondary N) is 3. The van der Waals surface area contributed by atoms with Crippen LogP contribution in [0.25, 0.3) is 11.0 Å². The van der Waals surface area contributed by atoms with E-state index < -0.39 is 73.9 Å². The van der Waals surface area contributed by atoms with Gasteiger partial charge in [0, 0.05) is 18.5 Å². The molecule has 2 saturated carbocycles. The number of hydrogen-bond donors (Lipinski definition) is 3. The number of aromatic nitrogens is 4. The van der Waals surface area contributed by atoms with E-state index in [0.717, 1.165) is 12.8 Å². The fraction of sp³-hybridized carbons (Fsp3) is 0.526. The Labute approximate surface area is 318 Å². The number of halogens is 1. The van der Waals surface area contributed by atoms with E-state index in [-0.39, 0.29) is 42.9 Å². The fourth-order valence-corrected chi connectivity index (χ4v) is 8.55. The van der Waals surface area contributed by atoms with E-state index in [1.807, 2.05) is 19.1 Å². The van der Waals surface area contributed by atoms with Gasteiger partial charge in [-0.25, -0.2) is 27.8 Å². The van der Waals surface area contributed by atoms with Crippen molar-refractivity contribution in [3.8, 4) is 5.88 Å². The topological polar surface area (TPSA) is 203 Å².